The zero-order chi connectivity index (χ0) is 13.3. The molecule has 0 bridgehead atoms. The van der Waals surface area contributed by atoms with E-state index in [1.54, 1.807) is 0 Å². The van der Waals surface area contributed by atoms with Gasteiger partial charge in [0.25, 0.3) is 0 Å². The molecule has 0 aromatic rings. The monoisotopic (exact) mass is 254 g/mol. The van der Waals surface area contributed by atoms with Crippen molar-refractivity contribution in [2.75, 3.05) is 26.7 Å². The quantitative estimate of drug-likeness (QED) is 0.828. The molecule has 0 aromatic carbocycles. The molecular formula is C14H26N2O2. The van der Waals surface area contributed by atoms with Crippen molar-refractivity contribution in [2.45, 2.75) is 51.6 Å². The van der Waals surface area contributed by atoms with Crippen LogP contribution in [0.25, 0.3) is 0 Å². The molecule has 0 aromatic heterocycles. The van der Waals surface area contributed by atoms with Crippen molar-refractivity contribution in [3.8, 4) is 0 Å². The molecule has 1 aliphatic heterocycles. The molecule has 2 rings (SSSR count). The van der Waals surface area contributed by atoms with Crippen LogP contribution in [0.3, 0.4) is 0 Å². The summed E-state index contributed by atoms with van der Waals surface area (Å²) in [7, 11) is 2.16. The second-order valence-electron chi connectivity index (χ2n) is 6.85. The fourth-order valence-electron chi connectivity index (χ4n) is 3.31. The fraction of sp³-hybridized carbons (Fsp3) is 0.929. The molecule has 1 saturated heterocycles. The van der Waals surface area contributed by atoms with Crippen LogP contribution in [-0.2, 0) is 4.79 Å². The van der Waals surface area contributed by atoms with E-state index in [1.165, 1.54) is 12.8 Å². The lowest BCUT2D eigenvalue weighted by molar-refractivity contribution is -0.137. The number of aliphatic carboxylic acids is 1. The van der Waals surface area contributed by atoms with E-state index in [2.05, 4.69) is 30.7 Å². The third-order valence-corrected chi connectivity index (χ3v) is 4.01. The molecule has 4 nitrogen and oxygen atoms in total. The molecule has 18 heavy (non-hydrogen) atoms. The zero-order valence-electron chi connectivity index (χ0n) is 11.9. The Morgan fingerprint density at radius 3 is 2.56 bits per heavy atom. The minimum Gasteiger partial charge on any atom is -0.481 e. The van der Waals surface area contributed by atoms with Gasteiger partial charge in [-0.2, -0.15) is 0 Å². The third kappa shape index (κ3) is 3.69. The predicted octanol–water partition coefficient (Wildman–Crippen LogP) is 1.66. The molecule has 1 aliphatic carbocycles. The Kier molecular flexibility index (Phi) is 3.97. The van der Waals surface area contributed by atoms with Crippen LogP contribution in [0.1, 0.15) is 39.5 Å². The number of hydrogen-bond donors (Lipinski definition) is 1. The summed E-state index contributed by atoms with van der Waals surface area (Å²) in [6, 6.07) is 1.13. The lowest BCUT2D eigenvalue weighted by atomic mass is 9.92. The van der Waals surface area contributed by atoms with Gasteiger partial charge in [-0.05, 0) is 31.7 Å². The van der Waals surface area contributed by atoms with Gasteiger partial charge in [-0.3, -0.25) is 9.69 Å². The highest BCUT2D eigenvalue weighted by Crippen LogP contribution is 2.35. The Morgan fingerprint density at radius 2 is 2.00 bits per heavy atom. The molecule has 1 heterocycles. The topological polar surface area (TPSA) is 43.8 Å². The Hall–Kier alpha value is -0.610. The number of likely N-dealkylation sites (N-methyl/N-ethyl adjacent to an activating group) is 1. The van der Waals surface area contributed by atoms with Gasteiger partial charge in [0.2, 0.25) is 0 Å². The summed E-state index contributed by atoms with van der Waals surface area (Å²) in [6.45, 7) is 7.84. The summed E-state index contributed by atoms with van der Waals surface area (Å²) in [5.74, 6) is -0.670. The molecule has 0 amide bonds. The van der Waals surface area contributed by atoms with E-state index in [1.807, 2.05) is 0 Å². The molecule has 4 heteroatoms. The summed E-state index contributed by atoms with van der Waals surface area (Å²) in [4.78, 5) is 15.8. The van der Waals surface area contributed by atoms with Crippen LogP contribution in [0.5, 0.6) is 0 Å². The van der Waals surface area contributed by atoms with Crippen molar-refractivity contribution in [1.29, 1.82) is 0 Å². The van der Waals surface area contributed by atoms with Gasteiger partial charge >= 0.3 is 5.97 Å². The first-order chi connectivity index (χ1) is 8.37. The first-order valence-corrected chi connectivity index (χ1v) is 7.03. The number of hydrogen-bond acceptors (Lipinski definition) is 3. The molecule has 0 spiro atoms. The van der Waals surface area contributed by atoms with Gasteiger partial charge in [-0.15, -0.1) is 0 Å². The van der Waals surface area contributed by atoms with Crippen LogP contribution in [0, 0.1) is 5.41 Å². The molecule has 1 atom stereocenters. The molecule has 1 N–H and O–H groups in total. The van der Waals surface area contributed by atoms with E-state index < -0.39 is 5.97 Å². The van der Waals surface area contributed by atoms with E-state index in [-0.39, 0.29) is 0 Å². The van der Waals surface area contributed by atoms with Crippen molar-refractivity contribution < 1.29 is 9.90 Å². The Balaban J connectivity index is 2.05. The van der Waals surface area contributed by atoms with E-state index in [9.17, 15) is 4.79 Å². The standard InChI is InChI=1S/C14H26N2O2/c1-14(2)9-15(3)8-12(6-7-13(17)18)16(10-14)11-4-5-11/h11-12H,4-10H2,1-3H3,(H,17,18). The number of carboxylic acids is 1. The number of nitrogens with zero attached hydrogens (tertiary/aromatic N) is 2. The second kappa shape index (κ2) is 5.17. The summed E-state index contributed by atoms with van der Waals surface area (Å²) < 4.78 is 0. The largest absolute Gasteiger partial charge is 0.481 e. The van der Waals surface area contributed by atoms with Gasteiger partial charge in [0.05, 0.1) is 0 Å². The smallest absolute Gasteiger partial charge is 0.303 e. The van der Waals surface area contributed by atoms with Gasteiger partial charge < -0.3 is 10.0 Å². The van der Waals surface area contributed by atoms with Gasteiger partial charge in [-0.1, -0.05) is 13.8 Å². The SMILES string of the molecule is CN1CC(CCC(=O)O)N(C2CC2)CC(C)(C)C1. The summed E-state index contributed by atoms with van der Waals surface area (Å²) in [6.07, 6.45) is 3.67. The van der Waals surface area contributed by atoms with Crippen LogP contribution >= 0.6 is 0 Å². The predicted molar refractivity (Wildman–Crippen MR) is 71.7 cm³/mol. The number of carbonyl (C=O) groups is 1. The first-order valence-electron chi connectivity index (χ1n) is 7.03. The minimum absolute atomic E-state index is 0.294. The first kappa shape index (κ1) is 13.8. The molecule has 104 valence electrons. The molecule has 1 saturated carbocycles. The fourth-order valence-corrected chi connectivity index (χ4v) is 3.31. The number of carboxylic acid groups (broad SMARTS) is 1. The Morgan fingerprint density at radius 1 is 1.33 bits per heavy atom. The minimum atomic E-state index is -0.670. The number of rotatable bonds is 4. The van der Waals surface area contributed by atoms with E-state index >= 15 is 0 Å². The van der Waals surface area contributed by atoms with Crippen molar-refractivity contribution in [3.63, 3.8) is 0 Å². The van der Waals surface area contributed by atoms with Crippen LogP contribution in [-0.4, -0.2) is 59.6 Å². The van der Waals surface area contributed by atoms with Gasteiger partial charge in [0.15, 0.2) is 0 Å². The highest BCUT2D eigenvalue weighted by atomic mass is 16.4. The van der Waals surface area contributed by atoms with E-state index in [4.69, 9.17) is 5.11 Å². The molecule has 2 aliphatic rings. The van der Waals surface area contributed by atoms with Gasteiger partial charge in [0, 0.05) is 38.1 Å². The van der Waals surface area contributed by atoms with Crippen LogP contribution in [0.4, 0.5) is 0 Å². The van der Waals surface area contributed by atoms with Crippen molar-refractivity contribution in [3.05, 3.63) is 0 Å². The molecule has 0 radical (unpaired) electrons. The second-order valence-corrected chi connectivity index (χ2v) is 6.85. The Bertz CT molecular complexity index is 313. The van der Waals surface area contributed by atoms with Crippen LogP contribution in [0.15, 0.2) is 0 Å². The lowest BCUT2D eigenvalue weighted by Gasteiger charge is -2.33. The van der Waals surface area contributed by atoms with Crippen LogP contribution < -0.4 is 0 Å². The van der Waals surface area contributed by atoms with Gasteiger partial charge in [-0.25, -0.2) is 0 Å². The normalized spacial score (nSPS) is 30.1. The zero-order valence-corrected chi connectivity index (χ0v) is 11.9. The summed E-state index contributed by atoms with van der Waals surface area (Å²) in [5, 5.41) is 8.89. The maximum Gasteiger partial charge on any atom is 0.303 e. The van der Waals surface area contributed by atoms with Gasteiger partial charge in [0.1, 0.15) is 0 Å². The highest BCUT2D eigenvalue weighted by molar-refractivity contribution is 5.66. The molecule has 1 unspecified atom stereocenters. The van der Waals surface area contributed by atoms with Crippen molar-refractivity contribution >= 4 is 5.97 Å². The van der Waals surface area contributed by atoms with Crippen LogP contribution in [0.2, 0.25) is 0 Å². The Labute approximate surface area is 110 Å². The average molecular weight is 254 g/mol. The van der Waals surface area contributed by atoms with E-state index in [0.717, 1.165) is 32.1 Å². The molecular weight excluding hydrogens is 228 g/mol. The molecule has 2 fully saturated rings. The third-order valence-electron chi connectivity index (χ3n) is 4.01. The lowest BCUT2D eigenvalue weighted by Crippen LogP contribution is -2.43. The van der Waals surface area contributed by atoms with E-state index in [0.29, 0.717) is 17.9 Å². The van der Waals surface area contributed by atoms with Crippen molar-refractivity contribution in [1.82, 2.24) is 9.80 Å². The maximum atomic E-state index is 10.8. The highest BCUT2D eigenvalue weighted by Gasteiger charge is 2.40. The average Bonchev–Trinajstić information content (AvgIpc) is 3.02. The summed E-state index contributed by atoms with van der Waals surface area (Å²) >= 11 is 0. The summed E-state index contributed by atoms with van der Waals surface area (Å²) in [5.41, 5.74) is 0.301. The maximum absolute atomic E-state index is 10.8. The van der Waals surface area contributed by atoms with Crippen molar-refractivity contribution in [2.24, 2.45) is 5.41 Å².